The number of rotatable bonds is 1. The number of aliphatic hydroxyl groups excluding tert-OH is 1. The Hall–Kier alpha value is -1.11. The minimum Gasteiger partial charge on any atom is -0.374 e. The Morgan fingerprint density at radius 1 is 1.58 bits per heavy atom. The molecule has 12 heavy (non-hydrogen) atoms. The van der Waals surface area contributed by atoms with Crippen molar-refractivity contribution in [1.29, 1.82) is 5.26 Å². The van der Waals surface area contributed by atoms with Crippen molar-refractivity contribution >= 4 is 11.6 Å². The van der Waals surface area contributed by atoms with Gasteiger partial charge >= 0.3 is 0 Å². The lowest BCUT2D eigenvalue weighted by atomic mass is 10.1. The van der Waals surface area contributed by atoms with Crippen molar-refractivity contribution < 1.29 is 9.50 Å². The lowest BCUT2D eigenvalue weighted by Crippen LogP contribution is -1.96. The van der Waals surface area contributed by atoms with Gasteiger partial charge in [-0.15, -0.1) is 0 Å². The zero-order valence-corrected chi connectivity index (χ0v) is 6.72. The largest absolute Gasteiger partial charge is 0.374 e. The van der Waals surface area contributed by atoms with Crippen molar-refractivity contribution in [3.05, 3.63) is 34.6 Å². The molecule has 0 amide bonds. The van der Waals surface area contributed by atoms with Crippen LogP contribution in [0.4, 0.5) is 4.39 Å². The van der Waals surface area contributed by atoms with E-state index in [9.17, 15) is 4.39 Å². The Morgan fingerprint density at radius 2 is 2.25 bits per heavy atom. The topological polar surface area (TPSA) is 44.0 Å². The lowest BCUT2D eigenvalue weighted by Gasteiger charge is -2.02. The Morgan fingerprint density at radius 3 is 2.75 bits per heavy atom. The summed E-state index contributed by atoms with van der Waals surface area (Å²) in [5.41, 5.74) is -0.0538. The first-order valence-corrected chi connectivity index (χ1v) is 3.55. The van der Waals surface area contributed by atoms with Crippen molar-refractivity contribution in [1.82, 2.24) is 0 Å². The zero-order valence-electron chi connectivity index (χ0n) is 5.96. The van der Waals surface area contributed by atoms with Crippen LogP contribution in [0.15, 0.2) is 18.2 Å². The van der Waals surface area contributed by atoms with Crippen LogP contribution in [0, 0.1) is 17.1 Å². The number of halogens is 2. The molecule has 1 unspecified atom stereocenters. The third kappa shape index (κ3) is 1.73. The fourth-order valence-electron chi connectivity index (χ4n) is 0.793. The minimum absolute atomic E-state index is 0.0538. The van der Waals surface area contributed by atoms with Gasteiger partial charge in [-0.2, -0.15) is 5.26 Å². The smallest absolute Gasteiger partial charge is 0.168 e. The molecule has 0 saturated heterocycles. The summed E-state index contributed by atoms with van der Waals surface area (Å²) in [5, 5.41) is 17.5. The molecule has 62 valence electrons. The van der Waals surface area contributed by atoms with Gasteiger partial charge in [0.1, 0.15) is 5.82 Å². The SMILES string of the molecule is N#CC(O)c1ccc(Cl)cc1F. The molecule has 4 heteroatoms. The summed E-state index contributed by atoms with van der Waals surface area (Å²) in [4.78, 5) is 0. The summed E-state index contributed by atoms with van der Waals surface area (Å²) >= 11 is 5.46. The van der Waals surface area contributed by atoms with E-state index >= 15 is 0 Å². The standard InChI is InChI=1S/C8H5ClFNO/c9-5-1-2-6(7(10)3-5)8(12)4-11/h1-3,8,12H. The third-order valence-electron chi connectivity index (χ3n) is 1.38. The van der Waals surface area contributed by atoms with Crippen LogP contribution in [0.1, 0.15) is 11.7 Å². The first-order valence-electron chi connectivity index (χ1n) is 3.18. The van der Waals surface area contributed by atoms with E-state index in [1.807, 2.05) is 0 Å². The summed E-state index contributed by atoms with van der Waals surface area (Å²) in [5.74, 6) is -0.670. The summed E-state index contributed by atoms with van der Waals surface area (Å²) in [6.45, 7) is 0. The molecule has 0 fully saturated rings. The summed E-state index contributed by atoms with van der Waals surface area (Å²) in [7, 11) is 0. The van der Waals surface area contributed by atoms with E-state index in [4.69, 9.17) is 22.0 Å². The van der Waals surface area contributed by atoms with E-state index in [-0.39, 0.29) is 10.6 Å². The Kier molecular flexibility index (Phi) is 2.64. The lowest BCUT2D eigenvalue weighted by molar-refractivity contribution is 0.230. The quantitative estimate of drug-likeness (QED) is 0.681. The van der Waals surface area contributed by atoms with Gasteiger partial charge in [0.25, 0.3) is 0 Å². The Labute approximate surface area is 73.8 Å². The summed E-state index contributed by atoms with van der Waals surface area (Å²) < 4.78 is 12.9. The van der Waals surface area contributed by atoms with Crippen LogP contribution in [-0.4, -0.2) is 5.11 Å². The van der Waals surface area contributed by atoms with Crippen LogP contribution < -0.4 is 0 Å². The minimum atomic E-state index is -1.43. The van der Waals surface area contributed by atoms with Gasteiger partial charge in [-0.05, 0) is 12.1 Å². The van der Waals surface area contributed by atoms with Crippen molar-refractivity contribution in [2.75, 3.05) is 0 Å². The van der Waals surface area contributed by atoms with Crippen LogP contribution in [-0.2, 0) is 0 Å². The van der Waals surface area contributed by atoms with Crippen molar-refractivity contribution in [2.45, 2.75) is 6.10 Å². The number of nitriles is 1. The van der Waals surface area contributed by atoms with E-state index in [1.165, 1.54) is 18.2 Å². The zero-order chi connectivity index (χ0) is 9.14. The van der Waals surface area contributed by atoms with Gasteiger partial charge in [0.05, 0.1) is 6.07 Å². The summed E-state index contributed by atoms with van der Waals surface area (Å²) in [6, 6.07) is 5.27. The molecule has 0 aliphatic rings. The fraction of sp³-hybridized carbons (Fsp3) is 0.125. The molecular weight excluding hydrogens is 181 g/mol. The molecule has 1 N–H and O–H groups in total. The molecule has 1 aromatic carbocycles. The Balaban J connectivity index is 3.11. The molecule has 0 bridgehead atoms. The molecule has 0 aromatic heterocycles. The molecular formula is C8H5ClFNO. The maximum absolute atomic E-state index is 12.9. The van der Waals surface area contributed by atoms with Gasteiger partial charge in [0, 0.05) is 10.6 Å². The number of aliphatic hydroxyl groups is 1. The van der Waals surface area contributed by atoms with Gasteiger partial charge in [-0.3, -0.25) is 0 Å². The second kappa shape index (κ2) is 3.53. The fourth-order valence-corrected chi connectivity index (χ4v) is 0.952. The molecule has 2 nitrogen and oxygen atoms in total. The number of benzene rings is 1. The molecule has 0 spiro atoms. The van der Waals surface area contributed by atoms with Crippen LogP contribution in [0.5, 0.6) is 0 Å². The average Bonchev–Trinajstić information content (AvgIpc) is 2.03. The highest BCUT2D eigenvalue weighted by Crippen LogP contribution is 2.19. The number of nitrogens with zero attached hydrogens (tertiary/aromatic N) is 1. The number of hydrogen-bond acceptors (Lipinski definition) is 2. The van der Waals surface area contributed by atoms with E-state index in [1.54, 1.807) is 0 Å². The van der Waals surface area contributed by atoms with Gasteiger partial charge in [0.2, 0.25) is 0 Å². The van der Waals surface area contributed by atoms with Gasteiger partial charge in [-0.25, -0.2) is 4.39 Å². The number of hydrogen-bond donors (Lipinski definition) is 1. The predicted octanol–water partition coefficient (Wildman–Crippen LogP) is 2.04. The predicted molar refractivity (Wildman–Crippen MR) is 42.0 cm³/mol. The summed E-state index contributed by atoms with van der Waals surface area (Å²) in [6.07, 6.45) is -1.43. The van der Waals surface area contributed by atoms with E-state index in [2.05, 4.69) is 0 Å². The van der Waals surface area contributed by atoms with Gasteiger partial charge < -0.3 is 5.11 Å². The highest BCUT2D eigenvalue weighted by atomic mass is 35.5. The molecule has 0 radical (unpaired) electrons. The molecule has 1 atom stereocenters. The van der Waals surface area contributed by atoms with Crippen molar-refractivity contribution in [2.24, 2.45) is 0 Å². The normalized spacial score (nSPS) is 12.2. The highest BCUT2D eigenvalue weighted by molar-refractivity contribution is 6.30. The molecule has 0 heterocycles. The van der Waals surface area contributed by atoms with Gasteiger partial charge in [0.15, 0.2) is 6.10 Å². The molecule has 0 aliphatic heterocycles. The second-order valence-corrected chi connectivity index (χ2v) is 2.63. The third-order valence-corrected chi connectivity index (χ3v) is 1.61. The van der Waals surface area contributed by atoms with Crippen molar-refractivity contribution in [3.8, 4) is 6.07 Å². The first kappa shape index (κ1) is 8.98. The van der Waals surface area contributed by atoms with Crippen molar-refractivity contribution in [3.63, 3.8) is 0 Å². The first-order chi connectivity index (χ1) is 5.65. The molecule has 1 rings (SSSR count). The van der Waals surface area contributed by atoms with E-state index < -0.39 is 11.9 Å². The highest BCUT2D eigenvalue weighted by Gasteiger charge is 2.11. The Bertz CT molecular complexity index is 334. The van der Waals surface area contributed by atoms with Crippen LogP contribution in [0.3, 0.4) is 0 Å². The average molecular weight is 186 g/mol. The van der Waals surface area contributed by atoms with Crippen LogP contribution in [0.25, 0.3) is 0 Å². The van der Waals surface area contributed by atoms with E-state index in [0.717, 1.165) is 6.07 Å². The molecule has 1 aromatic rings. The molecule has 0 saturated carbocycles. The maximum atomic E-state index is 12.9. The van der Waals surface area contributed by atoms with E-state index in [0.29, 0.717) is 0 Å². The van der Waals surface area contributed by atoms with Crippen LogP contribution in [0.2, 0.25) is 5.02 Å². The monoisotopic (exact) mass is 185 g/mol. The molecule has 0 aliphatic carbocycles. The maximum Gasteiger partial charge on any atom is 0.168 e. The second-order valence-electron chi connectivity index (χ2n) is 2.20. The van der Waals surface area contributed by atoms with Gasteiger partial charge in [-0.1, -0.05) is 17.7 Å². The van der Waals surface area contributed by atoms with Crippen LogP contribution >= 0.6 is 11.6 Å².